The summed E-state index contributed by atoms with van der Waals surface area (Å²) >= 11 is 3.50. The Balaban J connectivity index is 0.000000654. The molecule has 0 aliphatic heterocycles. The van der Waals surface area contributed by atoms with Crippen molar-refractivity contribution in [1.82, 2.24) is 24.9 Å². The molecule has 7 aromatic carbocycles. The van der Waals surface area contributed by atoms with E-state index in [9.17, 15) is 27.8 Å². The molecule has 0 amide bonds. The van der Waals surface area contributed by atoms with Crippen LogP contribution in [-0.2, 0) is 101 Å². The molecule has 24 heteroatoms. The van der Waals surface area contributed by atoms with E-state index in [0.717, 1.165) is 69.2 Å². The molecule has 115 heavy (non-hydrogen) atoms. The molecule has 0 fully saturated rings. The minimum Gasteiger partial charge on any atom is -0.393 e. The summed E-state index contributed by atoms with van der Waals surface area (Å²) in [7, 11) is 0. The zero-order chi connectivity index (χ0) is 79.7. The normalized spacial score (nSPS) is 12.0. The van der Waals surface area contributed by atoms with Gasteiger partial charge in [-0.05, 0) is 151 Å². The van der Waals surface area contributed by atoms with E-state index in [1.165, 1.54) is 29.9 Å². The molecule has 14 rings (SSSR count). The number of halogens is 4. The first-order valence-corrected chi connectivity index (χ1v) is 37.0. The maximum atomic E-state index is 13.2. The molecule has 0 aliphatic rings. The van der Waals surface area contributed by atoms with Gasteiger partial charge in [-0.2, -0.15) is 25.0 Å². The van der Waals surface area contributed by atoms with E-state index >= 15 is 0 Å². The molecule has 5 radical (unpaired) electrons. The van der Waals surface area contributed by atoms with Crippen LogP contribution in [0.4, 0.5) is 17.6 Å². The van der Waals surface area contributed by atoms with Crippen LogP contribution in [0, 0.1) is 55.3 Å². The minimum atomic E-state index is -0.649. The summed E-state index contributed by atoms with van der Waals surface area (Å²) in [6, 6.07) is 83.3. The quantitative estimate of drug-likeness (QED) is 0.0354. The van der Waals surface area contributed by atoms with Crippen LogP contribution < -0.4 is 0 Å². The fourth-order valence-electron chi connectivity index (χ4n) is 10.3. The summed E-state index contributed by atoms with van der Waals surface area (Å²) in [4.78, 5) is 23.2. The number of aromatic nitrogens is 5. The van der Waals surface area contributed by atoms with Crippen molar-refractivity contribution in [3.8, 4) is 54.9 Å². The molecule has 13 nitrogen and oxygen atoms in total. The summed E-state index contributed by atoms with van der Waals surface area (Å²) in [5, 5.41) is 73.8. The van der Waals surface area contributed by atoms with Gasteiger partial charge in [-0.3, -0.25) is 27.5 Å². The van der Waals surface area contributed by atoms with Crippen molar-refractivity contribution in [2.75, 3.05) is 0 Å². The molecule has 0 spiro atoms. The maximum absolute atomic E-state index is 13.2. The number of fused-ring (bicyclic) bond motifs is 2. The van der Waals surface area contributed by atoms with E-state index < -0.39 is 35.5 Å². The van der Waals surface area contributed by atoms with Crippen LogP contribution >= 0.6 is 22.7 Å². The molecular weight excluding hydrogens is 2390 g/mol. The predicted molar refractivity (Wildman–Crippen MR) is 436 cm³/mol. The smallest absolute Gasteiger partial charge is 0.0818 e. The molecule has 8 unspecified atom stereocenters. The van der Waals surface area contributed by atoms with Gasteiger partial charge in [-0.25, -0.2) is 22.7 Å². The number of thiophene rings is 2. The van der Waals surface area contributed by atoms with Gasteiger partial charge in [0.25, 0.3) is 0 Å². The molecule has 0 aliphatic carbocycles. The van der Waals surface area contributed by atoms with Crippen LogP contribution in [0.5, 0.6) is 0 Å². The van der Waals surface area contributed by atoms with E-state index in [1.807, 2.05) is 164 Å². The Labute approximate surface area is 748 Å². The van der Waals surface area contributed by atoms with Gasteiger partial charge >= 0.3 is 0 Å². The topological polar surface area (TPSA) is 226 Å². The van der Waals surface area contributed by atoms with Gasteiger partial charge in [0.1, 0.15) is 0 Å². The first kappa shape index (κ1) is 106. The Kier molecular flexibility index (Phi) is 53.7. The summed E-state index contributed by atoms with van der Waals surface area (Å²) in [6.07, 6.45) is 6.73. The number of pyridine rings is 5. The summed E-state index contributed by atoms with van der Waals surface area (Å²) in [6.45, 7) is 18.3. The van der Waals surface area contributed by atoms with E-state index in [0.29, 0.717) is 37.1 Å². The van der Waals surface area contributed by atoms with Gasteiger partial charge in [0.15, 0.2) is 0 Å². The second-order valence-electron chi connectivity index (χ2n) is 25.1. The number of aliphatic hydroxyl groups excluding tert-OH is 8. The van der Waals surface area contributed by atoms with Crippen LogP contribution in [0.25, 0.3) is 75.1 Å². The summed E-state index contributed by atoms with van der Waals surface area (Å²) in [5.74, 6) is -2.57. The molecule has 14 aromatic rings. The molecule has 0 saturated heterocycles. The van der Waals surface area contributed by atoms with Crippen molar-refractivity contribution in [1.29, 1.82) is 0 Å². The molecule has 0 bridgehead atoms. The predicted octanol–water partition coefficient (Wildman–Crippen LogP) is 19.7. The Morgan fingerprint density at radius 3 is 0.887 bits per heavy atom. The van der Waals surface area contributed by atoms with Crippen LogP contribution in [0.1, 0.15) is 102 Å². The van der Waals surface area contributed by atoms with Gasteiger partial charge in [0, 0.05) is 173 Å². The van der Waals surface area contributed by atoms with Crippen molar-refractivity contribution >= 4 is 42.8 Å². The zero-order valence-corrected chi connectivity index (χ0v) is 77.3. The Hall–Kier alpha value is -7.40. The van der Waals surface area contributed by atoms with E-state index in [2.05, 4.69) is 93.4 Å². The number of nitrogens with zero attached hydrogens (tertiary/aromatic N) is 5. The molecule has 0 saturated carbocycles. The van der Waals surface area contributed by atoms with E-state index in [4.69, 9.17) is 30.6 Å². The van der Waals surface area contributed by atoms with Gasteiger partial charge in [0.2, 0.25) is 0 Å². The van der Waals surface area contributed by atoms with Crippen LogP contribution in [0.3, 0.4) is 0 Å². The Morgan fingerprint density at radius 2 is 0.617 bits per heavy atom. The second-order valence-corrected chi connectivity index (χ2v) is 27.2. The second kappa shape index (κ2) is 58.5. The summed E-state index contributed by atoms with van der Waals surface area (Å²) < 4.78 is 54.1. The zero-order valence-electron chi connectivity index (χ0n) is 63.7. The van der Waals surface area contributed by atoms with Crippen molar-refractivity contribution in [2.24, 2.45) is 0 Å². The van der Waals surface area contributed by atoms with E-state index in [-0.39, 0.29) is 148 Å². The van der Waals surface area contributed by atoms with Crippen molar-refractivity contribution in [2.45, 2.75) is 116 Å². The van der Waals surface area contributed by atoms with Crippen molar-refractivity contribution in [3.63, 3.8) is 0 Å². The molecule has 7 aromatic heterocycles. The number of hydrogen-bond donors (Lipinski definition) is 8. The largest absolute Gasteiger partial charge is 0.393 e. The Bertz CT molecular complexity index is 4510. The van der Waals surface area contributed by atoms with Crippen LogP contribution in [0.15, 0.2) is 280 Å². The molecule has 7 heterocycles. The van der Waals surface area contributed by atoms with Crippen LogP contribution in [-0.4, -0.2) is 102 Å². The molecule has 8 N–H and O–H groups in total. The third kappa shape index (κ3) is 39.1. The third-order valence-corrected chi connectivity index (χ3v) is 17.7. The Morgan fingerprint density at radius 1 is 0.330 bits per heavy atom. The fraction of sp³-hybridized carbons (Fsp3) is 0.198. The van der Waals surface area contributed by atoms with Crippen LogP contribution in [0.2, 0.25) is 0 Å². The fourth-order valence-corrected chi connectivity index (χ4v) is 12.6. The first-order valence-electron chi connectivity index (χ1n) is 35.4. The SMILES string of the molecule is CC(O)CC(C)O.CC(O)CC(C)O.CC(O)CC(C)O.Fc1c[c-]c(-c2ccccn2)c(F)c1.Fc1c[c-]c(-c2ccccn2)c(F)c1.OC(CC(O)c1ccccc1)c1ccccc1.[CH2-]c1c(-c2ccccn2)sc2ccccc12.[CH2-]c1c(-c2ccccn2)sc2ccccc12.[Ir].[Ir].[Ir].[Ir].[Ir].[c-]1ccccc1-c1ccccn1. The summed E-state index contributed by atoms with van der Waals surface area (Å²) in [5.41, 5.74) is 9.14. The van der Waals surface area contributed by atoms with E-state index in [1.54, 1.807) is 119 Å². The molecular formula is C91H92F4Ir5N5O8S2-5. The number of aliphatic hydroxyl groups is 8. The third-order valence-electron chi connectivity index (χ3n) is 15.3. The van der Waals surface area contributed by atoms with Gasteiger partial charge in [0.05, 0.1) is 48.8 Å². The van der Waals surface area contributed by atoms with Crippen molar-refractivity contribution in [3.05, 3.63) is 357 Å². The van der Waals surface area contributed by atoms with Crippen molar-refractivity contribution < 1.29 is 159 Å². The average Bonchev–Trinajstić information content (AvgIpc) is 1.65. The number of benzene rings is 7. The standard InChI is InChI=1S/C15H16O2.2C14H10NS.2C11H6F2N.C11H8N.3C5H12O2.5Ir/c16-14(12-7-3-1-4-8-12)11-15(17)13-9-5-2-6-10-13;2*1-10-11-6-2-3-8-13(11)16-14(10)12-7-4-5-9-15-12;2*12-8-4-5-9(10(13)7-8)11-3-1-2-6-14-11;1-2-6-10(7-3-1)11-8-4-5-9-12-11;3*1-4(6)3-5(2)7;;;;;/h1-10,14-17H,11H2;2*2-9H,1H2;2*1-4,6-7H;1-6,8-9H;3*4-7H,3H2,1-2H3;;;;;/q;5*-1;;;;;;;;. The van der Waals surface area contributed by atoms with Gasteiger partial charge < -0.3 is 55.8 Å². The number of hydrogen-bond acceptors (Lipinski definition) is 15. The number of rotatable bonds is 15. The molecule has 8 atom stereocenters. The minimum absolute atomic E-state index is 0. The monoisotopic (exact) mass is 2490 g/mol. The van der Waals surface area contributed by atoms with Gasteiger partial charge in [-0.15, -0.1) is 83.1 Å². The van der Waals surface area contributed by atoms with Gasteiger partial charge in [-0.1, -0.05) is 169 Å². The molecule has 619 valence electrons. The first-order chi connectivity index (χ1) is 52.9. The average molecular weight is 2480 g/mol. The maximum Gasteiger partial charge on any atom is 0.0818 e.